The van der Waals surface area contributed by atoms with Crippen molar-refractivity contribution in [1.29, 1.82) is 0 Å². The molecule has 27 heavy (non-hydrogen) atoms. The average molecular weight is 382 g/mol. The van der Waals surface area contributed by atoms with Crippen molar-refractivity contribution in [3.8, 4) is 22.1 Å². The number of rotatable bonds is 7. The summed E-state index contributed by atoms with van der Waals surface area (Å²) < 4.78 is 10.6. The Morgan fingerprint density at radius 3 is 2.52 bits per heavy atom. The molecule has 0 radical (unpaired) electrons. The van der Waals surface area contributed by atoms with Crippen molar-refractivity contribution < 1.29 is 14.3 Å². The summed E-state index contributed by atoms with van der Waals surface area (Å²) in [6.45, 7) is 2.44. The van der Waals surface area contributed by atoms with E-state index in [1.807, 2.05) is 55.5 Å². The molecule has 0 aliphatic carbocycles. The van der Waals surface area contributed by atoms with Gasteiger partial charge in [0.25, 0.3) is 5.91 Å². The Hall–Kier alpha value is -2.86. The van der Waals surface area contributed by atoms with Crippen LogP contribution in [0.1, 0.15) is 20.9 Å². The van der Waals surface area contributed by atoms with E-state index in [9.17, 15) is 4.79 Å². The molecule has 3 aromatic rings. The first kappa shape index (κ1) is 18.9. The van der Waals surface area contributed by atoms with E-state index in [4.69, 9.17) is 9.47 Å². The molecule has 0 saturated heterocycles. The van der Waals surface area contributed by atoms with E-state index in [0.29, 0.717) is 30.2 Å². The maximum Gasteiger partial charge on any atom is 0.271 e. The Morgan fingerprint density at radius 2 is 1.81 bits per heavy atom. The maximum atomic E-state index is 12.5. The van der Waals surface area contributed by atoms with Gasteiger partial charge < -0.3 is 14.8 Å². The molecule has 0 aliphatic rings. The number of hydrogen-bond donors (Lipinski definition) is 1. The van der Waals surface area contributed by atoms with E-state index >= 15 is 0 Å². The van der Waals surface area contributed by atoms with Crippen molar-refractivity contribution in [2.24, 2.45) is 0 Å². The number of hydrogen-bond acceptors (Lipinski definition) is 5. The van der Waals surface area contributed by atoms with Gasteiger partial charge in [0.05, 0.1) is 14.2 Å². The van der Waals surface area contributed by atoms with Crippen LogP contribution in [-0.2, 0) is 6.42 Å². The van der Waals surface area contributed by atoms with Crippen LogP contribution >= 0.6 is 11.3 Å². The van der Waals surface area contributed by atoms with Crippen molar-refractivity contribution in [3.05, 3.63) is 64.7 Å². The van der Waals surface area contributed by atoms with Crippen molar-refractivity contribution in [1.82, 2.24) is 10.3 Å². The molecule has 0 atom stereocenters. The third-order valence-electron chi connectivity index (χ3n) is 4.18. The highest BCUT2D eigenvalue weighted by Gasteiger charge is 2.16. The first-order valence-electron chi connectivity index (χ1n) is 8.64. The SMILES string of the molecule is COc1ccc(CCNC(=O)c2nc(-c3ccccc3)sc2C)cc1OC. The third-order valence-corrected chi connectivity index (χ3v) is 5.20. The molecule has 5 nitrogen and oxygen atoms in total. The van der Waals surface area contributed by atoms with Gasteiger partial charge in [0, 0.05) is 17.0 Å². The lowest BCUT2D eigenvalue weighted by Crippen LogP contribution is -2.26. The molecule has 6 heteroatoms. The molecule has 0 unspecified atom stereocenters. The van der Waals surface area contributed by atoms with E-state index in [1.165, 1.54) is 11.3 Å². The maximum absolute atomic E-state index is 12.5. The summed E-state index contributed by atoms with van der Waals surface area (Å²) in [4.78, 5) is 18.0. The molecule has 1 aromatic heterocycles. The predicted molar refractivity (Wildman–Crippen MR) is 108 cm³/mol. The molecular weight excluding hydrogens is 360 g/mol. The van der Waals surface area contributed by atoms with Crippen molar-refractivity contribution in [2.45, 2.75) is 13.3 Å². The number of nitrogens with zero attached hydrogens (tertiary/aromatic N) is 1. The van der Waals surface area contributed by atoms with E-state index in [2.05, 4.69) is 10.3 Å². The van der Waals surface area contributed by atoms with Gasteiger partial charge in [0.2, 0.25) is 0 Å². The van der Waals surface area contributed by atoms with E-state index in [1.54, 1.807) is 14.2 Å². The van der Waals surface area contributed by atoms with Gasteiger partial charge in [-0.3, -0.25) is 4.79 Å². The molecule has 3 rings (SSSR count). The number of aryl methyl sites for hydroxylation is 1. The minimum atomic E-state index is -0.147. The number of thiazole rings is 1. The fourth-order valence-electron chi connectivity index (χ4n) is 2.75. The third kappa shape index (κ3) is 4.46. The van der Waals surface area contributed by atoms with E-state index in [-0.39, 0.29) is 5.91 Å². The summed E-state index contributed by atoms with van der Waals surface area (Å²) >= 11 is 1.53. The molecule has 1 amide bonds. The Morgan fingerprint density at radius 1 is 1.07 bits per heavy atom. The second-order valence-corrected chi connectivity index (χ2v) is 7.19. The minimum absolute atomic E-state index is 0.147. The topological polar surface area (TPSA) is 60.5 Å². The highest BCUT2D eigenvalue weighted by atomic mass is 32.1. The number of ether oxygens (including phenoxy) is 2. The lowest BCUT2D eigenvalue weighted by atomic mass is 10.1. The van der Waals surface area contributed by atoms with Gasteiger partial charge >= 0.3 is 0 Å². The summed E-state index contributed by atoms with van der Waals surface area (Å²) in [7, 11) is 3.22. The van der Waals surface area contributed by atoms with Crippen LogP contribution in [-0.4, -0.2) is 31.7 Å². The first-order valence-corrected chi connectivity index (χ1v) is 9.46. The van der Waals surface area contributed by atoms with Gasteiger partial charge in [-0.25, -0.2) is 4.98 Å². The largest absolute Gasteiger partial charge is 0.493 e. The highest BCUT2D eigenvalue weighted by Crippen LogP contribution is 2.28. The van der Waals surface area contributed by atoms with Gasteiger partial charge in [0.1, 0.15) is 10.7 Å². The second kappa shape index (κ2) is 8.68. The molecule has 1 N–H and O–H groups in total. The lowest BCUT2D eigenvalue weighted by molar-refractivity contribution is 0.0949. The smallest absolute Gasteiger partial charge is 0.271 e. The van der Waals surface area contributed by atoms with Crippen LogP contribution in [0.2, 0.25) is 0 Å². The number of methoxy groups -OCH3 is 2. The molecular formula is C21H22N2O3S. The van der Waals surface area contributed by atoms with Gasteiger partial charge in [-0.1, -0.05) is 36.4 Å². The molecule has 0 bridgehead atoms. The van der Waals surface area contributed by atoms with Gasteiger partial charge in [0.15, 0.2) is 11.5 Å². The Balaban J connectivity index is 1.62. The zero-order valence-electron chi connectivity index (χ0n) is 15.6. The number of amides is 1. The molecule has 0 aliphatic heterocycles. The van der Waals surface area contributed by atoms with Crippen LogP contribution in [0.25, 0.3) is 10.6 Å². The zero-order chi connectivity index (χ0) is 19.2. The van der Waals surface area contributed by atoms with Crippen molar-refractivity contribution in [3.63, 3.8) is 0 Å². The quantitative estimate of drug-likeness (QED) is 0.668. The zero-order valence-corrected chi connectivity index (χ0v) is 16.4. The van der Waals surface area contributed by atoms with Crippen LogP contribution in [0, 0.1) is 6.92 Å². The monoisotopic (exact) mass is 382 g/mol. The fraction of sp³-hybridized carbons (Fsp3) is 0.238. The lowest BCUT2D eigenvalue weighted by Gasteiger charge is -2.10. The van der Waals surface area contributed by atoms with Crippen LogP contribution in [0.3, 0.4) is 0 Å². The Bertz CT molecular complexity index is 922. The first-order chi connectivity index (χ1) is 13.1. The van der Waals surface area contributed by atoms with Crippen LogP contribution in [0.15, 0.2) is 48.5 Å². The standard InChI is InChI=1S/C21H22N2O3S/c1-14-19(23-21(27-14)16-7-5-4-6-8-16)20(24)22-12-11-15-9-10-17(25-2)18(13-15)26-3/h4-10,13H,11-12H2,1-3H3,(H,22,24). The normalized spacial score (nSPS) is 10.5. The Kier molecular flexibility index (Phi) is 6.08. The molecule has 1 heterocycles. The van der Waals surface area contributed by atoms with Gasteiger partial charge in [-0.15, -0.1) is 11.3 Å². The second-order valence-electron chi connectivity index (χ2n) is 5.99. The summed E-state index contributed by atoms with van der Waals surface area (Å²) in [6.07, 6.45) is 0.695. The van der Waals surface area contributed by atoms with Gasteiger partial charge in [-0.05, 0) is 31.0 Å². The number of benzene rings is 2. The molecule has 140 valence electrons. The number of nitrogens with one attached hydrogen (secondary N) is 1. The summed E-state index contributed by atoms with van der Waals surface area (Å²) in [6, 6.07) is 15.7. The summed E-state index contributed by atoms with van der Waals surface area (Å²) in [5.74, 6) is 1.23. The average Bonchev–Trinajstić information content (AvgIpc) is 3.10. The van der Waals surface area contributed by atoms with Crippen LogP contribution in [0.4, 0.5) is 0 Å². The summed E-state index contributed by atoms with van der Waals surface area (Å²) in [5.41, 5.74) is 2.58. The fourth-order valence-corrected chi connectivity index (χ4v) is 3.67. The van der Waals surface area contributed by atoms with E-state index in [0.717, 1.165) is 21.0 Å². The molecule has 0 spiro atoms. The molecule has 0 saturated carbocycles. The van der Waals surface area contributed by atoms with Crippen LogP contribution < -0.4 is 14.8 Å². The molecule has 0 fully saturated rings. The summed E-state index contributed by atoms with van der Waals surface area (Å²) in [5, 5.41) is 3.81. The highest BCUT2D eigenvalue weighted by molar-refractivity contribution is 7.15. The van der Waals surface area contributed by atoms with Crippen LogP contribution in [0.5, 0.6) is 11.5 Å². The number of carbonyl (C=O) groups excluding carboxylic acids is 1. The van der Waals surface area contributed by atoms with Crippen molar-refractivity contribution >= 4 is 17.2 Å². The van der Waals surface area contributed by atoms with Gasteiger partial charge in [-0.2, -0.15) is 0 Å². The number of carbonyl (C=O) groups is 1. The Labute approximate surface area is 163 Å². The predicted octanol–water partition coefficient (Wildman–Crippen LogP) is 4.11. The minimum Gasteiger partial charge on any atom is -0.493 e. The molecule has 2 aromatic carbocycles. The van der Waals surface area contributed by atoms with E-state index < -0.39 is 0 Å². The van der Waals surface area contributed by atoms with Crippen molar-refractivity contribution in [2.75, 3.05) is 20.8 Å². The number of aromatic nitrogens is 1.